The Morgan fingerprint density at radius 2 is 2.04 bits per heavy atom. The molecule has 2 aromatic carbocycles. The van der Waals surface area contributed by atoms with Crippen LogP contribution in [-0.2, 0) is 11.3 Å². The lowest BCUT2D eigenvalue weighted by Gasteiger charge is -2.12. The van der Waals surface area contributed by atoms with Crippen molar-refractivity contribution in [1.29, 1.82) is 0 Å². The molecule has 1 aromatic heterocycles. The van der Waals surface area contributed by atoms with E-state index >= 15 is 0 Å². The SMILES string of the molecule is C[NH+](CC(=O)Nc1cccc(F)c1)Cc1ncc(-c2ccc(Cl)cc2)o1. The minimum Gasteiger partial charge on any atom is -0.435 e. The van der Waals surface area contributed by atoms with Gasteiger partial charge in [0.1, 0.15) is 5.82 Å². The van der Waals surface area contributed by atoms with Gasteiger partial charge in [0.25, 0.3) is 11.8 Å². The quantitative estimate of drug-likeness (QED) is 0.697. The van der Waals surface area contributed by atoms with Crippen molar-refractivity contribution in [1.82, 2.24) is 4.98 Å². The topological polar surface area (TPSA) is 59.6 Å². The van der Waals surface area contributed by atoms with E-state index in [0.717, 1.165) is 10.5 Å². The van der Waals surface area contributed by atoms with Gasteiger partial charge in [-0.15, -0.1) is 0 Å². The van der Waals surface area contributed by atoms with Crippen molar-refractivity contribution in [3.63, 3.8) is 0 Å². The van der Waals surface area contributed by atoms with Crippen molar-refractivity contribution in [3.8, 4) is 11.3 Å². The number of nitrogens with one attached hydrogen (secondary N) is 2. The highest BCUT2D eigenvalue weighted by molar-refractivity contribution is 6.30. The van der Waals surface area contributed by atoms with Crippen LogP contribution in [0.1, 0.15) is 5.89 Å². The molecule has 0 fully saturated rings. The number of benzene rings is 2. The molecule has 3 aromatic rings. The Balaban J connectivity index is 1.55. The number of hydrogen-bond acceptors (Lipinski definition) is 3. The first-order valence-corrected chi connectivity index (χ1v) is 8.45. The van der Waals surface area contributed by atoms with Crippen molar-refractivity contribution >= 4 is 23.2 Å². The second-order valence-electron chi connectivity index (χ2n) is 5.99. The molecule has 0 spiro atoms. The summed E-state index contributed by atoms with van der Waals surface area (Å²) >= 11 is 5.88. The molecule has 0 bridgehead atoms. The van der Waals surface area contributed by atoms with Crippen LogP contribution in [0.15, 0.2) is 59.1 Å². The fourth-order valence-electron chi connectivity index (χ4n) is 2.51. The molecule has 0 saturated heterocycles. The molecule has 2 N–H and O–H groups in total. The van der Waals surface area contributed by atoms with Gasteiger partial charge in [0.2, 0.25) is 0 Å². The van der Waals surface area contributed by atoms with Gasteiger partial charge in [-0.2, -0.15) is 0 Å². The van der Waals surface area contributed by atoms with Crippen molar-refractivity contribution in [2.45, 2.75) is 6.54 Å². The lowest BCUT2D eigenvalue weighted by molar-refractivity contribution is -0.886. The number of halogens is 2. The van der Waals surface area contributed by atoms with Crippen LogP contribution in [0.3, 0.4) is 0 Å². The maximum absolute atomic E-state index is 13.1. The van der Waals surface area contributed by atoms with Gasteiger partial charge >= 0.3 is 0 Å². The Bertz CT molecular complexity index is 896. The van der Waals surface area contributed by atoms with Crippen LogP contribution in [0.25, 0.3) is 11.3 Å². The molecule has 0 aliphatic heterocycles. The summed E-state index contributed by atoms with van der Waals surface area (Å²) in [5.41, 5.74) is 1.32. The minimum atomic E-state index is -0.391. The molecule has 0 radical (unpaired) electrons. The van der Waals surface area contributed by atoms with E-state index in [1.165, 1.54) is 12.1 Å². The monoisotopic (exact) mass is 374 g/mol. The lowest BCUT2D eigenvalue weighted by atomic mass is 10.2. The Kier molecular flexibility index (Phi) is 5.65. The third-order valence-electron chi connectivity index (χ3n) is 3.71. The van der Waals surface area contributed by atoms with Crippen molar-refractivity contribution in [2.24, 2.45) is 0 Å². The van der Waals surface area contributed by atoms with Crippen molar-refractivity contribution < 1.29 is 18.5 Å². The number of carbonyl (C=O) groups excluding carboxylic acids is 1. The summed E-state index contributed by atoms with van der Waals surface area (Å²) in [6.45, 7) is 0.652. The maximum Gasteiger partial charge on any atom is 0.279 e. The largest absolute Gasteiger partial charge is 0.435 e. The number of likely N-dealkylation sites (N-methyl/N-ethyl adjacent to an activating group) is 1. The van der Waals surface area contributed by atoms with E-state index in [0.29, 0.717) is 28.9 Å². The van der Waals surface area contributed by atoms with Gasteiger partial charge in [-0.1, -0.05) is 17.7 Å². The van der Waals surface area contributed by atoms with E-state index in [9.17, 15) is 9.18 Å². The van der Waals surface area contributed by atoms with Crippen LogP contribution in [0, 0.1) is 5.82 Å². The maximum atomic E-state index is 13.1. The number of anilines is 1. The van der Waals surface area contributed by atoms with E-state index in [1.54, 1.807) is 30.5 Å². The van der Waals surface area contributed by atoms with Crippen LogP contribution in [0.4, 0.5) is 10.1 Å². The first kappa shape index (κ1) is 18.1. The minimum absolute atomic E-state index is 0.204. The van der Waals surface area contributed by atoms with Gasteiger partial charge in [0.05, 0.1) is 13.2 Å². The molecular formula is C19H18ClFN3O2+. The molecule has 3 rings (SSSR count). The number of quaternary nitrogens is 1. The number of rotatable bonds is 6. The Morgan fingerprint density at radius 3 is 2.77 bits per heavy atom. The highest BCUT2D eigenvalue weighted by Gasteiger charge is 2.15. The first-order chi connectivity index (χ1) is 12.5. The average Bonchev–Trinajstić information content (AvgIpc) is 3.03. The molecule has 1 atom stereocenters. The van der Waals surface area contributed by atoms with Gasteiger partial charge in [0, 0.05) is 16.3 Å². The molecule has 1 amide bonds. The molecule has 0 aliphatic rings. The van der Waals surface area contributed by atoms with Gasteiger partial charge < -0.3 is 14.6 Å². The van der Waals surface area contributed by atoms with E-state index in [1.807, 2.05) is 19.2 Å². The lowest BCUT2D eigenvalue weighted by Crippen LogP contribution is -3.08. The summed E-state index contributed by atoms with van der Waals surface area (Å²) in [7, 11) is 1.86. The molecule has 7 heteroatoms. The molecule has 0 aliphatic carbocycles. The summed E-state index contributed by atoms with van der Waals surface area (Å²) in [5, 5.41) is 3.33. The van der Waals surface area contributed by atoms with Crippen LogP contribution in [-0.4, -0.2) is 24.5 Å². The van der Waals surface area contributed by atoms with Crippen molar-refractivity contribution in [3.05, 3.63) is 71.5 Å². The number of amides is 1. The normalized spacial score (nSPS) is 12.0. The summed E-state index contributed by atoms with van der Waals surface area (Å²) in [5.74, 6) is 0.579. The van der Waals surface area contributed by atoms with E-state index in [-0.39, 0.29) is 12.5 Å². The summed E-state index contributed by atoms with van der Waals surface area (Å²) in [4.78, 5) is 17.2. The van der Waals surface area contributed by atoms with Crippen molar-refractivity contribution in [2.75, 3.05) is 18.9 Å². The fraction of sp³-hybridized carbons (Fsp3) is 0.158. The van der Waals surface area contributed by atoms with Gasteiger partial charge in [0.15, 0.2) is 18.8 Å². The molecule has 134 valence electrons. The third-order valence-corrected chi connectivity index (χ3v) is 3.96. The summed E-state index contributed by atoms with van der Waals surface area (Å²) < 4.78 is 18.9. The summed E-state index contributed by atoms with van der Waals surface area (Å²) in [6, 6.07) is 13.1. The zero-order valence-electron chi connectivity index (χ0n) is 14.1. The standard InChI is InChI=1S/C19H17ClFN3O2/c1-24(11-18(25)23-16-4-2-3-15(21)9-16)12-19-22-10-17(26-19)13-5-7-14(20)8-6-13/h2-10H,11-12H2,1H3,(H,23,25)/p+1. The first-order valence-electron chi connectivity index (χ1n) is 8.07. The molecule has 1 heterocycles. The Morgan fingerprint density at radius 1 is 1.27 bits per heavy atom. The Labute approximate surface area is 155 Å². The molecule has 26 heavy (non-hydrogen) atoms. The Hall–Kier alpha value is -2.70. The highest BCUT2D eigenvalue weighted by atomic mass is 35.5. The van der Waals surface area contributed by atoms with E-state index in [4.69, 9.17) is 16.0 Å². The van der Waals surface area contributed by atoms with Gasteiger partial charge in [-0.3, -0.25) is 4.79 Å². The average molecular weight is 375 g/mol. The third kappa shape index (κ3) is 4.91. The highest BCUT2D eigenvalue weighted by Crippen LogP contribution is 2.22. The van der Waals surface area contributed by atoms with Crippen LogP contribution >= 0.6 is 11.6 Å². The number of aromatic nitrogens is 1. The van der Waals surface area contributed by atoms with Crippen LogP contribution < -0.4 is 10.2 Å². The van der Waals surface area contributed by atoms with Gasteiger partial charge in [-0.05, 0) is 42.5 Å². The molecule has 5 nitrogen and oxygen atoms in total. The zero-order chi connectivity index (χ0) is 18.5. The second-order valence-corrected chi connectivity index (χ2v) is 6.43. The fourth-order valence-corrected chi connectivity index (χ4v) is 2.63. The number of hydrogen-bond donors (Lipinski definition) is 2. The summed E-state index contributed by atoms with van der Waals surface area (Å²) in [6.07, 6.45) is 1.65. The zero-order valence-corrected chi connectivity index (χ0v) is 14.9. The molecule has 0 saturated carbocycles. The molecular weight excluding hydrogens is 357 g/mol. The van der Waals surface area contributed by atoms with Crippen LogP contribution in [0.2, 0.25) is 5.02 Å². The van der Waals surface area contributed by atoms with Gasteiger partial charge in [-0.25, -0.2) is 9.37 Å². The smallest absolute Gasteiger partial charge is 0.279 e. The number of carbonyl (C=O) groups is 1. The predicted molar refractivity (Wildman–Crippen MR) is 97.4 cm³/mol. The van der Waals surface area contributed by atoms with E-state index in [2.05, 4.69) is 10.3 Å². The second kappa shape index (κ2) is 8.12. The van der Waals surface area contributed by atoms with Crippen LogP contribution in [0.5, 0.6) is 0 Å². The molecule has 1 unspecified atom stereocenters. The van der Waals surface area contributed by atoms with E-state index < -0.39 is 5.82 Å². The number of nitrogens with zero attached hydrogens (tertiary/aromatic N) is 1. The number of oxazole rings is 1. The predicted octanol–water partition coefficient (Wildman–Crippen LogP) is 2.79.